The van der Waals surface area contributed by atoms with Gasteiger partial charge >= 0.3 is 0 Å². The van der Waals surface area contributed by atoms with E-state index in [4.69, 9.17) is 0 Å². The number of carbonyl (C=O) groups is 1. The van der Waals surface area contributed by atoms with Crippen molar-refractivity contribution in [1.29, 1.82) is 0 Å². The molecule has 1 unspecified atom stereocenters. The minimum Gasteiger partial charge on any atom is -0.354 e. The van der Waals surface area contributed by atoms with Crippen LogP contribution in [0.3, 0.4) is 0 Å². The lowest BCUT2D eigenvalue weighted by atomic mass is 9.97. The van der Waals surface area contributed by atoms with E-state index < -0.39 is 0 Å². The molecule has 0 radical (unpaired) electrons. The number of fused-ring (bicyclic) bond motifs is 1. The standard InChI is InChI=1S/C15H19N5O/c21-15(18-12-3-4-12)11-2-1-8-19(10-11)14-13-5-6-17-20(13)9-7-16-14/h5-7,9,11-12H,1-4,8,10H2,(H,18,21). The predicted molar refractivity (Wildman–Crippen MR) is 79.1 cm³/mol. The third-order valence-corrected chi connectivity index (χ3v) is 4.32. The highest BCUT2D eigenvalue weighted by atomic mass is 16.2. The van der Waals surface area contributed by atoms with Gasteiger partial charge in [0.25, 0.3) is 0 Å². The molecule has 0 aromatic carbocycles. The molecule has 1 aliphatic carbocycles. The summed E-state index contributed by atoms with van der Waals surface area (Å²) in [6.45, 7) is 1.70. The molecule has 1 amide bonds. The molecule has 0 bridgehead atoms. The van der Waals surface area contributed by atoms with Crippen LogP contribution >= 0.6 is 0 Å². The maximum Gasteiger partial charge on any atom is 0.225 e. The summed E-state index contributed by atoms with van der Waals surface area (Å²) in [5, 5.41) is 7.37. The Labute approximate surface area is 123 Å². The number of anilines is 1. The molecule has 2 aromatic rings. The third-order valence-electron chi connectivity index (χ3n) is 4.32. The fourth-order valence-corrected chi connectivity index (χ4v) is 3.02. The Morgan fingerprint density at radius 2 is 2.19 bits per heavy atom. The van der Waals surface area contributed by atoms with Crippen LogP contribution in [0.2, 0.25) is 0 Å². The predicted octanol–water partition coefficient (Wildman–Crippen LogP) is 1.22. The molecule has 2 fully saturated rings. The van der Waals surface area contributed by atoms with Crippen LogP contribution in [0, 0.1) is 5.92 Å². The molecule has 2 aliphatic rings. The van der Waals surface area contributed by atoms with Crippen molar-refractivity contribution in [2.45, 2.75) is 31.7 Å². The Balaban J connectivity index is 1.54. The highest BCUT2D eigenvalue weighted by molar-refractivity contribution is 5.80. The van der Waals surface area contributed by atoms with Crippen LogP contribution in [0.25, 0.3) is 5.52 Å². The number of nitrogens with one attached hydrogen (secondary N) is 1. The second-order valence-electron chi connectivity index (χ2n) is 5.98. The van der Waals surface area contributed by atoms with E-state index in [-0.39, 0.29) is 11.8 Å². The summed E-state index contributed by atoms with van der Waals surface area (Å²) in [5.74, 6) is 1.21. The van der Waals surface area contributed by atoms with Gasteiger partial charge in [0.1, 0.15) is 5.52 Å². The Bertz CT molecular complexity index is 663. The topological polar surface area (TPSA) is 62.5 Å². The largest absolute Gasteiger partial charge is 0.354 e. The van der Waals surface area contributed by atoms with Gasteiger partial charge in [0.05, 0.1) is 12.1 Å². The molecule has 6 nitrogen and oxygen atoms in total. The van der Waals surface area contributed by atoms with Gasteiger partial charge in [-0.3, -0.25) is 4.79 Å². The van der Waals surface area contributed by atoms with Gasteiger partial charge in [0.15, 0.2) is 5.82 Å². The lowest BCUT2D eigenvalue weighted by Gasteiger charge is -2.33. The molecule has 1 N–H and O–H groups in total. The monoisotopic (exact) mass is 285 g/mol. The summed E-state index contributed by atoms with van der Waals surface area (Å²) in [6.07, 6.45) is 9.67. The van der Waals surface area contributed by atoms with Gasteiger partial charge < -0.3 is 10.2 Å². The molecule has 1 atom stereocenters. The van der Waals surface area contributed by atoms with E-state index in [9.17, 15) is 4.79 Å². The van der Waals surface area contributed by atoms with Crippen molar-refractivity contribution in [3.8, 4) is 0 Å². The van der Waals surface area contributed by atoms with E-state index in [0.29, 0.717) is 6.04 Å². The number of amides is 1. The van der Waals surface area contributed by atoms with Crippen LogP contribution < -0.4 is 10.2 Å². The molecule has 6 heteroatoms. The van der Waals surface area contributed by atoms with Crippen molar-refractivity contribution in [3.05, 3.63) is 24.7 Å². The van der Waals surface area contributed by atoms with E-state index in [2.05, 4.69) is 20.3 Å². The van der Waals surface area contributed by atoms with Crippen LogP contribution in [0.5, 0.6) is 0 Å². The molecule has 4 rings (SSSR count). The van der Waals surface area contributed by atoms with Gasteiger partial charge in [0, 0.05) is 31.5 Å². The van der Waals surface area contributed by atoms with Crippen molar-refractivity contribution in [1.82, 2.24) is 19.9 Å². The van der Waals surface area contributed by atoms with E-state index in [1.807, 2.05) is 16.8 Å². The molecule has 1 saturated carbocycles. The average molecular weight is 285 g/mol. The van der Waals surface area contributed by atoms with E-state index in [1.165, 1.54) is 0 Å². The number of rotatable bonds is 3. The number of hydrogen-bond acceptors (Lipinski definition) is 4. The molecule has 2 aromatic heterocycles. The first kappa shape index (κ1) is 12.6. The van der Waals surface area contributed by atoms with Gasteiger partial charge in [-0.1, -0.05) is 0 Å². The highest BCUT2D eigenvalue weighted by Crippen LogP contribution is 2.26. The van der Waals surface area contributed by atoms with Gasteiger partial charge in [-0.15, -0.1) is 0 Å². The van der Waals surface area contributed by atoms with Crippen LogP contribution in [-0.4, -0.2) is 39.6 Å². The molecule has 1 aliphatic heterocycles. The number of hydrogen-bond donors (Lipinski definition) is 1. The van der Waals surface area contributed by atoms with Crippen LogP contribution in [0.15, 0.2) is 24.7 Å². The normalized spacial score (nSPS) is 22.5. The second kappa shape index (κ2) is 5.02. The summed E-state index contributed by atoms with van der Waals surface area (Å²) in [5.41, 5.74) is 1.00. The maximum absolute atomic E-state index is 12.3. The Morgan fingerprint density at radius 3 is 3.05 bits per heavy atom. The molecular weight excluding hydrogens is 266 g/mol. The first-order chi connectivity index (χ1) is 10.3. The molecule has 110 valence electrons. The zero-order valence-corrected chi connectivity index (χ0v) is 11.9. The van der Waals surface area contributed by atoms with Crippen LogP contribution in [-0.2, 0) is 4.79 Å². The second-order valence-corrected chi connectivity index (χ2v) is 5.98. The number of nitrogens with zero attached hydrogens (tertiary/aromatic N) is 4. The van der Waals surface area contributed by atoms with Crippen molar-refractivity contribution in [3.63, 3.8) is 0 Å². The van der Waals surface area contributed by atoms with Crippen molar-refractivity contribution in [2.75, 3.05) is 18.0 Å². The molecule has 1 saturated heterocycles. The summed E-state index contributed by atoms with van der Waals surface area (Å²) >= 11 is 0. The van der Waals surface area contributed by atoms with Crippen LogP contribution in [0.4, 0.5) is 5.82 Å². The Morgan fingerprint density at radius 1 is 1.29 bits per heavy atom. The zero-order valence-electron chi connectivity index (χ0n) is 11.9. The van der Waals surface area contributed by atoms with Gasteiger partial charge in [0.2, 0.25) is 5.91 Å². The lowest BCUT2D eigenvalue weighted by Crippen LogP contribution is -2.44. The van der Waals surface area contributed by atoms with E-state index >= 15 is 0 Å². The number of carbonyl (C=O) groups excluding carboxylic acids is 1. The third kappa shape index (κ3) is 2.46. The highest BCUT2D eigenvalue weighted by Gasteiger charge is 2.31. The molecule has 21 heavy (non-hydrogen) atoms. The van der Waals surface area contributed by atoms with Gasteiger partial charge in [-0.05, 0) is 31.7 Å². The summed E-state index contributed by atoms with van der Waals surface area (Å²) in [4.78, 5) is 19.0. The van der Waals surface area contributed by atoms with Crippen LogP contribution in [0.1, 0.15) is 25.7 Å². The fraction of sp³-hybridized carbons (Fsp3) is 0.533. The fourth-order valence-electron chi connectivity index (χ4n) is 3.02. The Hall–Kier alpha value is -2.11. The summed E-state index contributed by atoms with van der Waals surface area (Å²) in [7, 11) is 0. The summed E-state index contributed by atoms with van der Waals surface area (Å²) in [6, 6.07) is 2.40. The smallest absolute Gasteiger partial charge is 0.225 e. The first-order valence-corrected chi connectivity index (χ1v) is 7.65. The maximum atomic E-state index is 12.3. The minimum atomic E-state index is 0.0735. The van der Waals surface area contributed by atoms with E-state index in [1.54, 1.807) is 12.4 Å². The SMILES string of the molecule is O=C(NC1CC1)C1CCCN(c2nccn3nccc23)C1. The minimum absolute atomic E-state index is 0.0735. The molecule has 3 heterocycles. The molecular formula is C15H19N5O. The van der Waals surface area contributed by atoms with Gasteiger partial charge in [-0.2, -0.15) is 5.10 Å². The van der Waals surface area contributed by atoms with Crippen molar-refractivity contribution in [2.24, 2.45) is 5.92 Å². The number of aromatic nitrogens is 3. The summed E-state index contributed by atoms with van der Waals surface area (Å²) < 4.78 is 1.83. The first-order valence-electron chi connectivity index (χ1n) is 7.65. The van der Waals surface area contributed by atoms with Crippen molar-refractivity contribution < 1.29 is 4.79 Å². The van der Waals surface area contributed by atoms with Crippen molar-refractivity contribution >= 4 is 17.2 Å². The lowest BCUT2D eigenvalue weighted by molar-refractivity contribution is -0.125. The zero-order chi connectivity index (χ0) is 14.2. The van der Waals surface area contributed by atoms with Gasteiger partial charge in [-0.25, -0.2) is 9.50 Å². The van der Waals surface area contributed by atoms with E-state index in [0.717, 1.165) is 50.1 Å². The average Bonchev–Trinajstić information content (AvgIpc) is 3.20. The number of piperidine rings is 1. The Kier molecular flexibility index (Phi) is 3.02. The molecule has 0 spiro atoms. The quantitative estimate of drug-likeness (QED) is 0.921.